The SMILES string of the molecule is O=C(O)c1cccc(N(Cc2ccc(Cl)cc2)Cc2cnc[nH]2)c1O. The molecule has 3 N–H and O–H groups in total. The number of imidazole rings is 1. The van der Waals surface area contributed by atoms with Crippen LogP contribution in [0.4, 0.5) is 5.69 Å². The zero-order valence-electron chi connectivity index (χ0n) is 13.2. The fourth-order valence-corrected chi connectivity index (χ4v) is 2.70. The Morgan fingerprint density at radius 3 is 2.56 bits per heavy atom. The number of hydrogen-bond acceptors (Lipinski definition) is 4. The van der Waals surface area contributed by atoms with Crippen LogP contribution in [0.2, 0.25) is 5.02 Å². The number of para-hydroxylation sites is 1. The Labute approximate surface area is 149 Å². The molecule has 0 aliphatic rings. The third-order valence-electron chi connectivity index (χ3n) is 3.79. The number of aromatic carboxylic acids is 1. The lowest BCUT2D eigenvalue weighted by Gasteiger charge is -2.25. The zero-order valence-corrected chi connectivity index (χ0v) is 13.9. The molecular weight excluding hydrogens is 342 g/mol. The first kappa shape index (κ1) is 16.9. The molecule has 0 bridgehead atoms. The molecule has 6 nitrogen and oxygen atoms in total. The van der Waals surface area contributed by atoms with Crippen LogP contribution >= 0.6 is 11.6 Å². The smallest absolute Gasteiger partial charge is 0.339 e. The van der Waals surface area contributed by atoms with Gasteiger partial charge in [-0.3, -0.25) is 0 Å². The number of carboxylic acid groups (broad SMARTS) is 1. The molecular formula is C18H16ClN3O3. The van der Waals surface area contributed by atoms with Crippen molar-refractivity contribution in [2.24, 2.45) is 0 Å². The van der Waals surface area contributed by atoms with E-state index in [4.69, 9.17) is 11.6 Å². The lowest BCUT2D eigenvalue weighted by Crippen LogP contribution is -2.23. The van der Waals surface area contributed by atoms with E-state index in [1.54, 1.807) is 36.8 Å². The second-order valence-electron chi connectivity index (χ2n) is 5.54. The number of carbonyl (C=O) groups is 1. The summed E-state index contributed by atoms with van der Waals surface area (Å²) in [7, 11) is 0. The van der Waals surface area contributed by atoms with Crippen LogP contribution < -0.4 is 4.90 Å². The van der Waals surface area contributed by atoms with Gasteiger partial charge in [0.05, 0.1) is 24.3 Å². The van der Waals surface area contributed by atoms with E-state index in [9.17, 15) is 15.0 Å². The molecule has 0 spiro atoms. The summed E-state index contributed by atoms with van der Waals surface area (Å²) in [6.07, 6.45) is 3.26. The number of benzene rings is 2. The maximum absolute atomic E-state index is 11.3. The van der Waals surface area contributed by atoms with Gasteiger partial charge in [0.15, 0.2) is 5.75 Å². The van der Waals surface area contributed by atoms with Crippen LogP contribution in [0.5, 0.6) is 5.75 Å². The number of halogens is 1. The van der Waals surface area contributed by atoms with Crippen molar-refractivity contribution in [2.45, 2.75) is 13.1 Å². The van der Waals surface area contributed by atoms with Crippen LogP contribution in [-0.2, 0) is 13.1 Å². The Bertz CT molecular complexity index is 864. The molecule has 2 aromatic carbocycles. The molecule has 0 aliphatic carbocycles. The Morgan fingerprint density at radius 2 is 1.92 bits per heavy atom. The fourth-order valence-electron chi connectivity index (χ4n) is 2.57. The highest BCUT2D eigenvalue weighted by Gasteiger charge is 2.18. The third kappa shape index (κ3) is 3.92. The van der Waals surface area contributed by atoms with E-state index in [2.05, 4.69) is 9.97 Å². The van der Waals surface area contributed by atoms with Crippen molar-refractivity contribution < 1.29 is 15.0 Å². The van der Waals surface area contributed by atoms with Crippen molar-refractivity contribution in [3.05, 3.63) is 76.8 Å². The number of H-pyrrole nitrogens is 1. The molecule has 128 valence electrons. The number of nitrogens with one attached hydrogen (secondary N) is 1. The standard InChI is InChI=1S/C18H16ClN3O3/c19-13-6-4-12(5-7-13)9-22(10-14-8-20-11-21-14)16-3-1-2-15(17(16)23)18(24)25/h1-8,11,23H,9-10H2,(H,20,21)(H,24,25). The van der Waals surface area contributed by atoms with Gasteiger partial charge in [-0.15, -0.1) is 0 Å². The summed E-state index contributed by atoms with van der Waals surface area (Å²) in [5, 5.41) is 20.3. The van der Waals surface area contributed by atoms with Gasteiger partial charge in [-0.25, -0.2) is 9.78 Å². The van der Waals surface area contributed by atoms with Crippen molar-refractivity contribution in [3.63, 3.8) is 0 Å². The monoisotopic (exact) mass is 357 g/mol. The molecule has 1 heterocycles. The van der Waals surface area contributed by atoms with Crippen molar-refractivity contribution in [1.29, 1.82) is 0 Å². The van der Waals surface area contributed by atoms with Crippen LogP contribution in [-0.4, -0.2) is 26.2 Å². The molecule has 3 aromatic rings. The number of anilines is 1. The van der Waals surface area contributed by atoms with E-state index < -0.39 is 5.97 Å². The van der Waals surface area contributed by atoms with E-state index in [1.165, 1.54) is 6.07 Å². The molecule has 0 saturated carbocycles. The highest BCUT2D eigenvalue weighted by molar-refractivity contribution is 6.30. The fraction of sp³-hybridized carbons (Fsp3) is 0.111. The van der Waals surface area contributed by atoms with Crippen LogP contribution in [0.25, 0.3) is 0 Å². The predicted molar refractivity (Wildman–Crippen MR) is 95.0 cm³/mol. The number of aromatic hydroxyl groups is 1. The third-order valence-corrected chi connectivity index (χ3v) is 4.04. The molecule has 0 radical (unpaired) electrons. The largest absolute Gasteiger partial charge is 0.505 e. The number of nitrogens with zero attached hydrogens (tertiary/aromatic N) is 2. The van der Waals surface area contributed by atoms with Crippen LogP contribution in [0.1, 0.15) is 21.6 Å². The molecule has 0 amide bonds. The number of carboxylic acids is 1. The molecule has 0 fully saturated rings. The number of aromatic amines is 1. The van der Waals surface area contributed by atoms with Crippen molar-refractivity contribution in [3.8, 4) is 5.75 Å². The number of phenols is 1. The first-order valence-electron chi connectivity index (χ1n) is 7.56. The molecule has 0 unspecified atom stereocenters. The van der Waals surface area contributed by atoms with Crippen LogP contribution in [0, 0.1) is 0 Å². The Kier molecular flexibility index (Phi) is 4.90. The average molecular weight is 358 g/mol. The molecule has 0 saturated heterocycles. The lowest BCUT2D eigenvalue weighted by molar-refractivity contribution is 0.0694. The summed E-state index contributed by atoms with van der Waals surface area (Å²) in [4.78, 5) is 20.2. The number of aromatic nitrogens is 2. The predicted octanol–water partition coefficient (Wildman–Crippen LogP) is 3.67. The molecule has 0 atom stereocenters. The highest BCUT2D eigenvalue weighted by atomic mass is 35.5. The van der Waals surface area contributed by atoms with Gasteiger partial charge in [0.25, 0.3) is 0 Å². The maximum Gasteiger partial charge on any atom is 0.339 e. The first-order valence-corrected chi connectivity index (χ1v) is 7.94. The summed E-state index contributed by atoms with van der Waals surface area (Å²) in [5.74, 6) is -1.43. The van der Waals surface area contributed by atoms with Gasteiger partial charge >= 0.3 is 5.97 Å². The Hall–Kier alpha value is -2.99. The van der Waals surface area contributed by atoms with Gasteiger partial charge in [0.1, 0.15) is 5.56 Å². The average Bonchev–Trinajstić information content (AvgIpc) is 3.09. The molecule has 7 heteroatoms. The minimum Gasteiger partial charge on any atom is -0.505 e. The molecule has 1 aromatic heterocycles. The van der Waals surface area contributed by atoms with E-state index in [0.717, 1.165) is 11.3 Å². The van der Waals surface area contributed by atoms with Crippen molar-refractivity contribution >= 4 is 23.3 Å². The topological polar surface area (TPSA) is 89.5 Å². The van der Waals surface area contributed by atoms with Crippen molar-refractivity contribution in [1.82, 2.24) is 9.97 Å². The summed E-state index contributed by atoms with van der Waals surface area (Å²) in [6.45, 7) is 0.895. The Morgan fingerprint density at radius 1 is 1.16 bits per heavy atom. The second kappa shape index (κ2) is 7.27. The molecule has 25 heavy (non-hydrogen) atoms. The van der Waals surface area contributed by atoms with Gasteiger partial charge in [-0.05, 0) is 29.8 Å². The normalized spacial score (nSPS) is 10.6. The van der Waals surface area contributed by atoms with Crippen molar-refractivity contribution in [2.75, 3.05) is 4.90 Å². The minimum atomic E-state index is -1.17. The van der Waals surface area contributed by atoms with Crippen LogP contribution in [0.15, 0.2) is 55.0 Å². The minimum absolute atomic E-state index is 0.136. The lowest BCUT2D eigenvalue weighted by atomic mass is 10.1. The highest BCUT2D eigenvalue weighted by Crippen LogP contribution is 2.33. The van der Waals surface area contributed by atoms with Gasteiger partial charge in [-0.1, -0.05) is 29.8 Å². The van der Waals surface area contributed by atoms with Gasteiger partial charge in [0.2, 0.25) is 0 Å². The van der Waals surface area contributed by atoms with E-state index in [-0.39, 0.29) is 11.3 Å². The van der Waals surface area contributed by atoms with E-state index in [0.29, 0.717) is 23.8 Å². The van der Waals surface area contributed by atoms with E-state index >= 15 is 0 Å². The van der Waals surface area contributed by atoms with Gasteiger partial charge in [0, 0.05) is 17.8 Å². The molecule has 0 aliphatic heterocycles. The Balaban J connectivity index is 1.97. The second-order valence-corrected chi connectivity index (χ2v) is 5.97. The van der Waals surface area contributed by atoms with Gasteiger partial charge < -0.3 is 20.1 Å². The van der Waals surface area contributed by atoms with Crippen LogP contribution in [0.3, 0.4) is 0 Å². The summed E-state index contributed by atoms with van der Waals surface area (Å²) in [6, 6.07) is 12.0. The number of rotatable bonds is 6. The number of hydrogen-bond donors (Lipinski definition) is 3. The summed E-state index contributed by atoms with van der Waals surface area (Å²) in [5.41, 5.74) is 2.12. The van der Waals surface area contributed by atoms with Gasteiger partial charge in [-0.2, -0.15) is 0 Å². The summed E-state index contributed by atoms with van der Waals surface area (Å²) < 4.78 is 0. The maximum atomic E-state index is 11.3. The zero-order chi connectivity index (χ0) is 17.8. The first-order chi connectivity index (χ1) is 12.0. The molecule has 3 rings (SSSR count). The quantitative estimate of drug-likeness (QED) is 0.626. The van der Waals surface area contributed by atoms with E-state index in [1.807, 2.05) is 17.0 Å². The summed E-state index contributed by atoms with van der Waals surface area (Å²) >= 11 is 5.93.